The molecule has 0 spiro atoms. The predicted molar refractivity (Wildman–Crippen MR) is 139 cm³/mol. The van der Waals surface area contributed by atoms with Crippen LogP contribution in [0.25, 0.3) is 0 Å². The van der Waals surface area contributed by atoms with Crippen LogP contribution in [0.15, 0.2) is 78.9 Å². The maximum absolute atomic E-state index is 13.7. The summed E-state index contributed by atoms with van der Waals surface area (Å²) in [6.45, 7) is 6.01. The fourth-order valence-corrected chi connectivity index (χ4v) is 4.02. The molecule has 0 aliphatic carbocycles. The molecule has 3 rings (SSSR count). The van der Waals surface area contributed by atoms with Crippen molar-refractivity contribution in [2.24, 2.45) is 0 Å². The monoisotopic (exact) mass is 496 g/mol. The van der Waals surface area contributed by atoms with Crippen LogP contribution < -0.4 is 5.32 Å². The van der Waals surface area contributed by atoms with Gasteiger partial charge in [0.25, 0.3) is 0 Å². The smallest absolute Gasteiger partial charge is 0.243 e. The van der Waals surface area contributed by atoms with E-state index in [-0.39, 0.29) is 24.8 Å². The first-order valence-electron chi connectivity index (χ1n) is 11.3. The van der Waals surface area contributed by atoms with Gasteiger partial charge in [-0.25, -0.2) is 0 Å². The standard InChI is InChI=1S/C28H30Cl2N2O2/c1-28(2,3)31-27(34)25(17-20-9-5-4-6-10-20)32(19-22-11-7-8-12-24(22)30)26(33)18-21-13-15-23(29)16-14-21/h4-16,25H,17-19H2,1-3H3,(H,31,34). The zero-order chi connectivity index (χ0) is 24.7. The van der Waals surface area contributed by atoms with Crippen molar-refractivity contribution in [2.45, 2.75) is 51.7 Å². The van der Waals surface area contributed by atoms with Crippen molar-refractivity contribution in [1.82, 2.24) is 10.2 Å². The lowest BCUT2D eigenvalue weighted by Gasteiger charge is -2.34. The summed E-state index contributed by atoms with van der Waals surface area (Å²) in [5.41, 5.74) is 2.14. The van der Waals surface area contributed by atoms with Crippen LogP contribution in [-0.2, 0) is 29.0 Å². The molecule has 0 aliphatic rings. The van der Waals surface area contributed by atoms with Crippen molar-refractivity contribution in [1.29, 1.82) is 0 Å². The number of rotatable bonds is 8. The third kappa shape index (κ3) is 7.61. The molecule has 1 N–H and O–H groups in total. The molecule has 34 heavy (non-hydrogen) atoms. The lowest BCUT2D eigenvalue weighted by molar-refractivity contribution is -0.141. The average Bonchev–Trinajstić information content (AvgIpc) is 2.78. The van der Waals surface area contributed by atoms with E-state index in [2.05, 4.69) is 5.32 Å². The largest absolute Gasteiger partial charge is 0.350 e. The normalized spacial score (nSPS) is 12.1. The highest BCUT2D eigenvalue weighted by molar-refractivity contribution is 6.31. The first kappa shape index (κ1) is 25.8. The molecular formula is C28H30Cl2N2O2. The molecule has 1 unspecified atom stereocenters. The van der Waals surface area contributed by atoms with Crippen LogP contribution >= 0.6 is 23.2 Å². The van der Waals surface area contributed by atoms with Gasteiger partial charge in [0, 0.05) is 28.5 Å². The second kappa shape index (κ2) is 11.5. The molecule has 0 saturated heterocycles. The summed E-state index contributed by atoms with van der Waals surface area (Å²) in [5.74, 6) is -0.361. The molecule has 0 fully saturated rings. The third-order valence-corrected chi connectivity index (χ3v) is 5.96. The van der Waals surface area contributed by atoms with Gasteiger partial charge >= 0.3 is 0 Å². The van der Waals surface area contributed by atoms with Gasteiger partial charge in [-0.2, -0.15) is 0 Å². The highest BCUT2D eigenvalue weighted by Crippen LogP contribution is 2.22. The number of hydrogen-bond donors (Lipinski definition) is 1. The van der Waals surface area contributed by atoms with E-state index < -0.39 is 11.6 Å². The van der Waals surface area contributed by atoms with Gasteiger partial charge in [-0.15, -0.1) is 0 Å². The van der Waals surface area contributed by atoms with Crippen LogP contribution in [-0.4, -0.2) is 28.3 Å². The van der Waals surface area contributed by atoms with Crippen molar-refractivity contribution in [3.63, 3.8) is 0 Å². The number of amides is 2. The molecule has 178 valence electrons. The van der Waals surface area contributed by atoms with Gasteiger partial charge in [-0.05, 0) is 55.7 Å². The van der Waals surface area contributed by atoms with Gasteiger partial charge in [0.15, 0.2) is 0 Å². The fourth-order valence-electron chi connectivity index (χ4n) is 3.70. The Hall–Kier alpha value is -2.82. The van der Waals surface area contributed by atoms with Crippen molar-refractivity contribution in [3.05, 3.63) is 106 Å². The lowest BCUT2D eigenvalue weighted by atomic mass is 10.00. The van der Waals surface area contributed by atoms with Crippen LogP contribution in [0, 0.1) is 0 Å². The minimum atomic E-state index is -0.710. The van der Waals surface area contributed by atoms with E-state index in [0.717, 1.165) is 16.7 Å². The summed E-state index contributed by atoms with van der Waals surface area (Å²) in [6.07, 6.45) is 0.537. The van der Waals surface area contributed by atoms with Gasteiger partial charge in [0.1, 0.15) is 6.04 Å². The van der Waals surface area contributed by atoms with E-state index >= 15 is 0 Å². The summed E-state index contributed by atoms with van der Waals surface area (Å²) in [5, 5.41) is 4.23. The minimum Gasteiger partial charge on any atom is -0.350 e. The number of benzene rings is 3. The Labute approximate surface area is 211 Å². The van der Waals surface area contributed by atoms with Crippen LogP contribution in [0.1, 0.15) is 37.5 Å². The molecule has 2 amide bonds. The Kier molecular flexibility index (Phi) is 8.76. The Balaban J connectivity index is 1.99. The van der Waals surface area contributed by atoms with Crippen molar-refractivity contribution in [3.8, 4) is 0 Å². The van der Waals surface area contributed by atoms with Gasteiger partial charge in [-0.3, -0.25) is 9.59 Å². The Morgan fingerprint density at radius 3 is 2.09 bits per heavy atom. The van der Waals surface area contributed by atoms with Crippen molar-refractivity contribution < 1.29 is 9.59 Å². The number of nitrogens with one attached hydrogen (secondary N) is 1. The molecule has 4 nitrogen and oxygen atoms in total. The molecule has 6 heteroatoms. The molecule has 0 saturated carbocycles. The molecule has 0 radical (unpaired) electrons. The van der Waals surface area contributed by atoms with E-state index in [4.69, 9.17) is 23.2 Å². The van der Waals surface area contributed by atoms with E-state index in [1.54, 1.807) is 23.1 Å². The quantitative estimate of drug-likeness (QED) is 0.410. The zero-order valence-corrected chi connectivity index (χ0v) is 21.2. The molecule has 3 aromatic rings. The van der Waals surface area contributed by atoms with Crippen molar-refractivity contribution in [2.75, 3.05) is 0 Å². The molecule has 0 heterocycles. The highest BCUT2D eigenvalue weighted by atomic mass is 35.5. The van der Waals surface area contributed by atoms with E-state index in [0.29, 0.717) is 16.5 Å². The van der Waals surface area contributed by atoms with Gasteiger partial charge in [0.05, 0.1) is 6.42 Å². The fraction of sp³-hybridized carbons (Fsp3) is 0.286. The van der Waals surface area contributed by atoms with Crippen LogP contribution in [0.2, 0.25) is 10.0 Å². The van der Waals surface area contributed by atoms with E-state index in [9.17, 15) is 9.59 Å². The summed E-state index contributed by atoms with van der Waals surface area (Å²) in [7, 11) is 0. The summed E-state index contributed by atoms with van der Waals surface area (Å²) in [6, 6.07) is 23.6. The number of hydrogen-bond acceptors (Lipinski definition) is 2. The summed E-state index contributed by atoms with van der Waals surface area (Å²) >= 11 is 12.5. The van der Waals surface area contributed by atoms with Gasteiger partial charge in [0.2, 0.25) is 11.8 Å². The minimum absolute atomic E-state index is 0.149. The third-order valence-electron chi connectivity index (χ3n) is 5.34. The first-order chi connectivity index (χ1) is 16.1. The molecule has 0 aromatic heterocycles. The number of carbonyl (C=O) groups is 2. The topological polar surface area (TPSA) is 49.4 Å². The Morgan fingerprint density at radius 2 is 1.47 bits per heavy atom. The van der Waals surface area contributed by atoms with Gasteiger partial charge < -0.3 is 10.2 Å². The van der Waals surface area contributed by atoms with Crippen LogP contribution in [0.3, 0.4) is 0 Å². The molecule has 3 aromatic carbocycles. The van der Waals surface area contributed by atoms with Crippen molar-refractivity contribution >= 4 is 35.0 Å². The molecule has 0 aliphatic heterocycles. The first-order valence-corrected chi connectivity index (χ1v) is 12.0. The average molecular weight is 497 g/mol. The Morgan fingerprint density at radius 1 is 0.853 bits per heavy atom. The SMILES string of the molecule is CC(C)(C)NC(=O)C(Cc1ccccc1)N(Cc1ccccc1Cl)C(=O)Cc1ccc(Cl)cc1. The van der Waals surface area contributed by atoms with Crippen LogP contribution in [0.5, 0.6) is 0 Å². The number of carbonyl (C=O) groups excluding carboxylic acids is 2. The van der Waals surface area contributed by atoms with Gasteiger partial charge in [-0.1, -0.05) is 83.9 Å². The summed E-state index contributed by atoms with van der Waals surface area (Å²) in [4.78, 5) is 28.9. The zero-order valence-electron chi connectivity index (χ0n) is 19.7. The molecule has 1 atom stereocenters. The number of nitrogens with zero attached hydrogens (tertiary/aromatic N) is 1. The van der Waals surface area contributed by atoms with E-state index in [1.807, 2.05) is 81.4 Å². The van der Waals surface area contributed by atoms with Crippen LogP contribution in [0.4, 0.5) is 0 Å². The second-order valence-corrected chi connectivity index (χ2v) is 10.2. The highest BCUT2D eigenvalue weighted by Gasteiger charge is 2.32. The maximum Gasteiger partial charge on any atom is 0.243 e. The number of halogens is 2. The lowest BCUT2D eigenvalue weighted by Crippen LogP contribution is -2.54. The summed E-state index contributed by atoms with van der Waals surface area (Å²) < 4.78 is 0. The second-order valence-electron chi connectivity index (χ2n) is 9.36. The molecular weight excluding hydrogens is 467 g/mol. The maximum atomic E-state index is 13.7. The predicted octanol–water partition coefficient (Wildman–Crippen LogP) is 6.09. The van der Waals surface area contributed by atoms with E-state index in [1.165, 1.54) is 0 Å². The Bertz CT molecular complexity index is 1110. The molecule has 0 bridgehead atoms.